The van der Waals surface area contributed by atoms with Crippen LogP contribution in [0.25, 0.3) is 0 Å². The predicted octanol–water partition coefficient (Wildman–Crippen LogP) is 2.16. The fourth-order valence-electron chi connectivity index (χ4n) is 3.39. The van der Waals surface area contributed by atoms with Crippen LogP contribution in [0.3, 0.4) is 0 Å². The number of sulfonamides is 1. The number of amides is 1. The third-order valence-corrected chi connectivity index (χ3v) is 7.76. The van der Waals surface area contributed by atoms with Gasteiger partial charge in [0.1, 0.15) is 22.6 Å². The number of thiazole rings is 1. The summed E-state index contributed by atoms with van der Waals surface area (Å²) < 4.78 is 51.5. The Balaban J connectivity index is 1.53. The number of aromatic nitrogens is 1. The van der Waals surface area contributed by atoms with Crippen LogP contribution in [0.15, 0.2) is 23.1 Å². The second-order valence-corrected chi connectivity index (χ2v) is 9.75. The zero-order valence-electron chi connectivity index (χ0n) is 15.7. The summed E-state index contributed by atoms with van der Waals surface area (Å²) >= 11 is 1.24. The maximum absolute atomic E-state index is 13.7. The minimum Gasteiger partial charge on any atom is -0.495 e. The van der Waals surface area contributed by atoms with Crippen molar-refractivity contribution in [3.8, 4) is 5.75 Å². The molecule has 0 bridgehead atoms. The number of methoxy groups -OCH3 is 1. The van der Waals surface area contributed by atoms with Crippen LogP contribution in [0.5, 0.6) is 5.75 Å². The number of carbonyl (C=O) groups excluding carboxylic acids is 1. The Bertz CT molecular complexity index is 1030. The number of fused-ring (bicyclic) bond motifs is 1. The molecule has 0 radical (unpaired) electrons. The first-order valence-electron chi connectivity index (χ1n) is 9.13. The van der Waals surface area contributed by atoms with E-state index >= 15 is 0 Å². The number of halogens is 1. The highest BCUT2D eigenvalue weighted by Crippen LogP contribution is 2.34. The molecule has 156 valence electrons. The molecule has 0 spiro atoms. The normalized spacial score (nSPS) is 19.7. The van der Waals surface area contributed by atoms with Crippen LogP contribution in [0.1, 0.15) is 23.4 Å². The van der Waals surface area contributed by atoms with Gasteiger partial charge in [-0.05, 0) is 31.0 Å². The lowest BCUT2D eigenvalue weighted by atomic mass is 10.2. The molecule has 1 atom stereocenters. The Morgan fingerprint density at radius 2 is 2.28 bits per heavy atom. The topological polar surface area (TPSA) is 97.8 Å². The summed E-state index contributed by atoms with van der Waals surface area (Å²) in [4.78, 5) is 17.2. The number of nitrogens with zero attached hydrogens (tertiary/aromatic N) is 2. The maximum atomic E-state index is 13.7. The summed E-state index contributed by atoms with van der Waals surface area (Å²) in [6.07, 6.45) is 1.47. The van der Waals surface area contributed by atoms with Gasteiger partial charge >= 0.3 is 0 Å². The standard InChI is InChI=1S/C18H20FN3O5S2/c1-26-13-5-4-11(19)9-16(13)29(24,25)22-7-6-12-15(10-22)28-18(20-12)21-17(23)14-3-2-8-27-14/h4-5,9,14H,2-3,6-8,10H2,1H3,(H,20,21,23). The predicted molar refractivity (Wildman–Crippen MR) is 104 cm³/mol. The van der Waals surface area contributed by atoms with Gasteiger partial charge in [0.25, 0.3) is 5.91 Å². The molecule has 0 aliphatic carbocycles. The smallest absolute Gasteiger partial charge is 0.255 e. The number of ether oxygens (including phenoxy) is 2. The van der Waals surface area contributed by atoms with Crippen LogP contribution in [-0.2, 0) is 32.5 Å². The van der Waals surface area contributed by atoms with E-state index in [1.807, 2.05) is 0 Å². The second kappa shape index (κ2) is 7.98. The zero-order valence-corrected chi connectivity index (χ0v) is 17.3. The minimum absolute atomic E-state index is 0.0889. The van der Waals surface area contributed by atoms with Gasteiger partial charge in [0, 0.05) is 24.4 Å². The van der Waals surface area contributed by atoms with E-state index < -0.39 is 21.9 Å². The van der Waals surface area contributed by atoms with Crippen molar-refractivity contribution in [3.05, 3.63) is 34.6 Å². The first-order valence-corrected chi connectivity index (χ1v) is 11.4. The number of anilines is 1. The highest BCUT2D eigenvalue weighted by atomic mass is 32.2. The number of nitrogens with one attached hydrogen (secondary N) is 1. The van der Waals surface area contributed by atoms with Crippen molar-refractivity contribution in [1.82, 2.24) is 9.29 Å². The molecule has 2 aliphatic rings. The van der Waals surface area contributed by atoms with E-state index in [4.69, 9.17) is 9.47 Å². The first kappa shape index (κ1) is 20.2. The quantitative estimate of drug-likeness (QED) is 0.764. The summed E-state index contributed by atoms with van der Waals surface area (Å²) in [7, 11) is -2.62. The molecular weight excluding hydrogens is 421 g/mol. The van der Waals surface area contributed by atoms with E-state index in [1.165, 1.54) is 28.8 Å². The van der Waals surface area contributed by atoms with Gasteiger partial charge < -0.3 is 9.47 Å². The van der Waals surface area contributed by atoms with Crippen LogP contribution in [-0.4, -0.2) is 50.0 Å². The fraction of sp³-hybridized carbons (Fsp3) is 0.444. The number of rotatable bonds is 5. The van der Waals surface area contributed by atoms with Crippen LogP contribution in [0.4, 0.5) is 9.52 Å². The van der Waals surface area contributed by atoms with Crippen molar-refractivity contribution in [2.75, 3.05) is 25.6 Å². The van der Waals surface area contributed by atoms with Gasteiger partial charge in [-0.25, -0.2) is 17.8 Å². The molecule has 3 heterocycles. The van der Waals surface area contributed by atoms with Gasteiger partial charge in [0.15, 0.2) is 5.13 Å². The maximum Gasteiger partial charge on any atom is 0.255 e. The molecule has 1 fully saturated rings. The summed E-state index contributed by atoms with van der Waals surface area (Å²) in [6.45, 7) is 0.880. The molecule has 2 aromatic rings. The average molecular weight is 442 g/mol. The van der Waals surface area contributed by atoms with Gasteiger partial charge in [-0.3, -0.25) is 10.1 Å². The lowest BCUT2D eigenvalue weighted by Gasteiger charge is -2.26. The number of hydrogen-bond donors (Lipinski definition) is 1. The van der Waals surface area contributed by atoms with Gasteiger partial charge in [0.2, 0.25) is 10.0 Å². The monoisotopic (exact) mass is 441 g/mol. The van der Waals surface area contributed by atoms with Crippen molar-refractivity contribution in [2.24, 2.45) is 0 Å². The number of benzene rings is 1. The molecule has 0 saturated carbocycles. The highest BCUT2D eigenvalue weighted by Gasteiger charge is 2.33. The summed E-state index contributed by atoms with van der Waals surface area (Å²) in [5.41, 5.74) is 0.760. The molecule has 1 aromatic carbocycles. The van der Waals surface area contributed by atoms with Gasteiger partial charge in [0.05, 0.1) is 19.3 Å². The van der Waals surface area contributed by atoms with Crippen molar-refractivity contribution in [3.63, 3.8) is 0 Å². The van der Waals surface area contributed by atoms with Gasteiger partial charge in [-0.15, -0.1) is 11.3 Å². The largest absolute Gasteiger partial charge is 0.495 e. The molecule has 11 heteroatoms. The van der Waals surface area contributed by atoms with Crippen molar-refractivity contribution >= 4 is 32.4 Å². The van der Waals surface area contributed by atoms with Gasteiger partial charge in [-0.1, -0.05) is 0 Å². The molecule has 1 aromatic heterocycles. The highest BCUT2D eigenvalue weighted by molar-refractivity contribution is 7.89. The number of carbonyl (C=O) groups is 1. The van der Waals surface area contributed by atoms with E-state index in [2.05, 4.69) is 10.3 Å². The molecule has 1 unspecified atom stereocenters. The van der Waals surface area contributed by atoms with Crippen LogP contribution in [0.2, 0.25) is 0 Å². The van der Waals surface area contributed by atoms with Crippen molar-refractivity contribution < 1.29 is 27.1 Å². The third-order valence-electron chi connectivity index (χ3n) is 4.89. The third kappa shape index (κ3) is 4.00. The minimum atomic E-state index is -3.96. The lowest BCUT2D eigenvalue weighted by molar-refractivity contribution is -0.124. The van der Waals surface area contributed by atoms with Crippen LogP contribution >= 0.6 is 11.3 Å². The molecule has 2 aliphatic heterocycles. The van der Waals surface area contributed by atoms with Gasteiger partial charge in [-0.2, -0.15) is 4.31 Å². The Morgan fingerprint density at radius 1 is 1.45 bits per heavy atom. The average Bonchev–Trinajstić information content (AvgIpc) is 3.36. The number of hydrogen-bond acceptors (Lipinski definition) is 7. The Labute approximate surface area is 171 Å². The second-order valence-electron chi connectivity index (χ2n) is 6.76. The van der Waals surface area contributed by atoms with Crippen molar-refractivity contribution in [1.29, 1.82) is 0 Å². The molecule has 29 heavy (non-hydrogen) atoms. The summed E-state index contributed by atoms with van der Waals surface area (Å²) in [5.74, 6) is -0.799. The fourth-order valence-corrected chi connectivity index (χ4v) is 6.08. The molecular formula is C18H20FN3O5S2. The van der Waals surface area contributed by atoms with E-state index in [9.17, 15) is 17.6 Å². The van der Waals surface area contributed by atoms with Crippen LogP contribution in [0, 0.1) is 5.82 Å². The SMILES string of the molecule is COc1ccc(F)cc1S(=O)(=O)N1CCc2nc(NC(=O)C3CCCO3)sc2C1. The van der Waals surface area contributed by atoms with E-state index in [0.717, 1.165) is 29.1 Å². The Kier molecular flexibility index (Phi) is 5.56. The summed E-state index contributed by atoms with van der Waals surface area (Å²) in [5, 5.41) is 3.19. The van der Waals surface area contributed by atoms with E-state index in [0.29, 0.717) is 24.6 Å². The zero-order chi connectivity index (χ0) is 20.6. The van der Waals surface area contributed by atoms with Crippen molar-refractivity contribution in [2.45, 2.75) is 36.8 Å². The molecule has 1 saturated heterocycles. The van der Waals surface area contributed by atoms with E-state index in [-0.39, 0.29) is 29.6 Å². The first-order chi connectivity index (χ1) is 13.9. The Morgan fingerprint density at radius 3 is 3.00 bits per heavy atom. The molecule has 8 nitrogen and oxygen atoms in total. The molecule has 1 N–H and O–H groups in total. The molecule has 1 amide bonds. The molecule has 4 rings (SSSR count). The Hall–Kier alpha value is -2.08. The van der Waals surface area contributed by atoms with Crippen LogP contribution < -0.4 is 10.1 Å². The lowest BCUT2D eigenvalue weighted by Crippen LogP contribution is -2.35. The summed E-state index contributed by atoms with van der Waals surface area (Å²) in [6, 6.07) is 3.41. The van der Waals surface area contributed by atoms with E-state index in [1.54, 1.807) is 0 Å².